The van der Waals surface area contributed by atoms with Gasteiger partial charge in [0.15, 0.2) is 0 Å². The van der Waals surface area contributed by atoms with Crippen LogP contribution in [-0.4, -0.2) is 35.5 Å². The van der Waals surface area contributed by atoms with Gasteiger partial charge in [-0.2, -0.15) is 0 Å². The highest BCUT2D eigenvalue weighted by molar-refractivity contribution is 5.97. The number of carboxylic acid groups (broad SMARTS) is 1. The normalized spacial score (nSPS) is 15.7. The zero-order chi connectivity index (χ0) is 17.5. The van der Waals surface area contributed by atoms with Gasteiger partial charge in [0, 0.05) is 24.1 Å². The summed E-state index contributed by atoms with van der Waals surface area (Å²) in [5.41, 5.74) is 0.541. The topological polar surface area (TPSA) is 86.7 Å². The third-order valence-electron chi connectivity index (χ3n) is 4.26. The van der Waals surface area contributed by atoms with E-state index in [4.69, 9.17) is 5.11 Å². The largest absolute Gasteiger partial charge is 0.480 e. The Morgan fingerprint density at radius 3 is 2.42 bits per heavy atom. The summed E-state index contributed by atoms with van der Waals surface area (Å²) in [6.45, 7) is 1.38. The number of nitrogens with zero attached hydrogens (tertiary/aromatic N) is 1. The second-order valence-corrected chi connectivity index (χ2v) is 6.30. The van der Waals surface area contributed by atoms with Crippen molar-refractivity contribution in [3.8, 4) is 0 Å². The number of aliphatic carboxylic acids is 1. The molecular weight excluding hydrogens is 308 g/mol. The highest BCUT2D eigenvalue weighted by Gasteiger charge is 2.26. The van der Waals surface area contributed by atoms with Crippen LogP contribution in [0.2, 0.25) is 0 Å². The Hall–Kier alpha value is -2.37. The minimum absolute atomic E-state index is 0.00250. The summed E-state index contributed by atoms with van der Waals surface area (Å²) in [7, 11) is 0. The van der Waals surface area contributed by atoms with Crippen LogP contribution in [0.3, 0.4) is 0 Å². The van der Waals surface area contributed by atoms with Gasteiger partial charge in [0.25, 0.3) is 0 Å². The van der Waals surface area contributed by atoms with Gasteiger partial charge in [-0.25, -0.2) is 0 Å². The average molecular weight is 332 g/mol. The van der Waals surface area contributed by atoms with Crippen molar-refractivity contribution in [1.82, 2.24) is 5.32 Å². The van der Waals surface area contributed by atoms with E-state index in [1.165, 1.54) is 4.90 Å². The molecule has 0 radical (unpaired) electrons. The molecule has 0 aromatic heterocycles. The summed E-state index contributed by atoms with van der Waals surface area (Å²) in [4.78, 5) is 36.9. The van der Waals surface area contributed by atoms with Gasteiger partial charge in [-0.3, -0.25) is 14.4 Å². The Labute approximate surface area is 141 Å². The van der Waals surface area contributed by atoms with Crippen molar-refractivity contribution in [1.29, 1.82) is 0 Å². The summed E-state index contributed by atoms with van der Waals surface area (Å²) < 4.78 is 0. The minimum atomic E-state index is -1.07. The first-order chi connectivity index (χ1) is 11.5. The monoisotopic (exact) mass is 332 g/mol. The third-order valence-corrected chi connectivity index (χ3v) is 4.26. The first kappa shape index (κ1) is 18.0. The Kier molecular flexibility index (Phi) is 6.35. The fraction of sp³-hybridized carbons (Fsp3) is 0.500. The number of para-hydroxylation sites is 1. The second kappa shape index (κ2) is 8.47. The molecule has 1 aliphatic carbocycles. The number of carboxylic acids is 1. The SMILES string of the molecule is CC(CC(=O)N(CC(=O)O)c1ccccc1)NC(=O)C1CCCC1. The summed E-state index contributed by atoms with van der Waals surface area (Å²) in [6.07, 6.45) is 4.03. The maximum atomic E-state index is 12.5. The van der Waals surface area contributed by atoms with Gasteiger partial charge in [0.2, 0.25) is 11.8 Å². The smallest absolute Gasteiger partial charge is 0.323 e. The fourth-order valence-corrected chi connectivity index (χ4v) is 3.04. The van der Waals surface area contributed by atoms with E-state index in [0.29, 0.717) is 5.69 Å². The zero-order valence-electron chi connectivity index (χ0n) is 13.9. The second-order valence-electron chi connectivity index (χ2n) is 6.30. The van der Waals surface area contributed by atoms with Gasteiger partial charge >= 0.3 is 5.97 Å². The van der Waals surface area contributed by atoms with Crippen LogP contribution in [0.1, 0.15) is 39.0 Å². The average Bonchev–Trinajstić information content (AvgIpc) is 3.07. The molecule has 0 bridgehead atoms. The molecule has 1 aromatic rings. The minimum Gasteiger partial charge on any atom is -0.480 e. The van der Waals surface area contributed by atoms with Gasteiger partial charge in [0.05, 0.1) is 0 Å². The van der Waals surface area contributed by atoms with Crippen LogP contribution in [0.4, 0.5) is 5.69 Å². The number of hydrogen-bond donors (Lipinski definition) is 2. The molecule has 1 saturated carbocycles. The van der Waals surface area contributed by atoms with E-state index < -0.39 is 12.5 Å². The number of carbonyl (C=O) groups excluding carboxylic acids is 2. The molecule has 2 rings (SSSR count). The van der Waals surface area contributed by atoms with Crippen LogP contribution in [0.15, 0.2) is 30.3 Å². The molecule has 1 unspecified atom stereocenters. The van der Waals surface area contributed by atoms with Gasteiger partial charge in [-0.15, -0.1) is 0 Å². The van der Waals surface area contributed by atoms with Crippen molar-refractivity contribution in [3.05, 3.63) is 30.3 Å². The number of rotatable bonds is 7. The van der Waals surface area contributed by atoms with E-state index in [1.807, 2.05) is 0 Å². The van der Waals surface area contributed by atoms with Crippen molar-refractivity contribution in [3.63, 3.8) is 0 Å². The highest BCUT2D eigenvalue weighted by Crippen LogP contribution is 2.25. The van der Waals surface area contributed by atoms with E-state index >= 15 is 0 Å². The Balaban J connectivity index is 1.96. The van der Waals surface area contributed by atoms with E-state index in [1.54, 1.807) is 37.3 Å². The first-order valence-corrected chi connectivity index (χ1v) is 8.35. The van der Waals surface area contributed by atoms with E-state index in [9.17, 15) is 14.4 Å². The number of nitrogens with one attached hydrogen (secondary N) is 1. The van der Waals surface area contributed by atoms with Gasteiger partial charge in [-0.1, -0.05) is 31.0 Å². The molecule has 1 aliphatic rings. The highest BCUT2D eigenvalue weighted by atomic mass is 16.4. The molecule has 0 spiro atoms. The van der Waals surface area contributed by atoms with Crippen molar-refractivity contribution in [2.24, 2.45) is 5.92 Å². The summed E-state index contributed by atoms with van der Waals surface area (Å²) in [5, 5.41) is 11.9. The fourth-order valence-electron chi connectivity index (χ4n) is 3.04. The molecule has 1 fully saturated rings. The van der Waals surface area contributed by atoms with Gasteiger partial charge < -0.3 is 15.3 Å². The molecule has 130 valence electrons. The lowest BCUT2D eigenvalue weighted by atomic mass is 10.1. The third kappa shape index (κ3) is 5.08. The standard InChI is InChI=1S/C18H24N2O4/c1-13(19-18(24)14-7-5-6-8-14)11-16(21)20(12-17(22)23)15-9-3-2-4-10-15/h2-4,9-10,13-14H,5-8,11-12H2,1H3,(H,19,24)(H,22,23). The number of hydrogen-bond acceptors (Lipinski definition) is 3. The van der Waals surface area contributed by atoms with Gasteiger partial charge in [0.1, 0.15) is 6.54 Å². The zero-order valence-corrected chi connectivity index (χ0v) is 13.9. The molecule has 24 heavy (non-hydrogen) atoms. The molecular formula is C18H24N2O4. The molecule has 0 saturated heterocycles. The molecule has 0 heterocycles. The lowest BCUT2D eigenvalue weighted by molar-refractivity contribution is -0.137. The Bertz CT molecular complexity index is 582. The van der Waals surface area contributed by atoms with Crippen LogP contribution in [-0.2, 0) is 14.4 Å². The van der Waals surface area contributed by atoms with E-state index in [0.717, 1.165) is 25.7 Å². The van der Waals surface area contributed by atoms with Crippen LogP contribution in [0.5, 0.6) is 0 Å². The van der Waals surface area contributed by atoms with Crippen molar-refractivity contribution in [2.75, 3.05) is 11.4 Å². The molecule has 0 aliphatic heterocycles. The molecule has 2 amide bonds. The van der Waals surface area contributed by atoms with E-state index in [-0.39, 0.29) is 30.2 Å². The van der Waals surface area contributed by atoms with Crippen molar-refractivity contribution >= 4 is 23.5 Å². The summed E-state index contributed by atoms with van der Waals surface area (Å²) in [6, 6.07) is 8.37. The number of carbonyl (C=O) groups is 3. The van der Waals surface area contributed by atoms with Crippen LogP contribution >= 0.6 is 0 Å². The summed E-state index contributed by atoms with van der Waals surface area (Å²) in [5.74, 6) is -1.35. The van der Waals surface area contributed by atoms with Crippen molar-refractivity contribution in [2.45, 2.75) is 45.1 Å². The number of benzene rings is 1. The van der Waals surface area contributed by atoms with Gasteiger partial charge in [-0.05, 0) is 31.9 Å². The van der Waals surface area contributed by atoms with E-state index in [2.05, 4.69) is 5.32 Å². The predicted molar refractivity (Wildman–Crippen MR) is 90.6 cm³/mol. The van der Waals surface area contributed by atoms with Crippen LogP contribution in [0, 0.1) is 5.92 Å². The predicted octanol–water partition coefficient (Wildman–Crippen LogP) is 2.19. The molecule has 6 heteroatoms. The van der Waals surface area contributed by atoms with Crippen LogP contribution < -0.4 is 10.2 Å². The maximum Gasteiger partial charge on any atom is 0.323 e. The molecule has 6 nitrogen and oxygen atoms in total. The number of anilines is 1. The molecule has 1 atom stereocenters. The lowest BCUT2D eigenvalue weighted by Gasteiger charge is -2.23. The quantitative estimate of drug-likeness (QED) is 0.801. The first-order valence-electron chi connectivity index (χ1n) is 8.35. The number of amides is 2. The molecule has 1 aromatic carbocycles. The summed E-state index contributed by atoms with van der Waals surface area (Å²) >= 11 is 0. The Morgan fingerprint density at radius 2 is 1.83 bits per heavy atom. The van der Waals surface area contributed by atoms with Crippen LogP contribution in [0.25, 0.3) is 0 Å². The Morgan fingerprint density at radius 1 is 1.21 bits per heavy atom. The van der Waals surface area contributed by atoms with Crippen molar-refractivity contribution < 1.29 is 19.5 Å². The lowest BCUT2D eigenvalue weighted by Crippen LogP contribution is -2.42. The molecule has 2 N–H and O–H groups in total. The maximum absolute atomic E-state index is 12.5.